The van der Waals surface area contributed by atoms with Crippen molar-refractivity contribution in [2.24, 2.45) is 0 Å². The van der Waals surface area contributed by atoms with Crippen molar-refractivity contribution in [1.82, 2.24) is 0 Å². The fourth-order valence-corrected chi connectivity index (χ4v) is 10.0. The van der Waals surface area contributed by atoms with E-state index < -0.39 is 28.6 Å². The maximum absolute atomic E-state index is 11.8. The van der Waals surface area contributed by atoms with Crippen LogP contribution in [0.3, 0.4) is 0 Å². The van der Waals surface area contributed by atoms with Crippen LogP contribution in [0, 0.1) is 0 Å². The Morgan fingerprint density at radius 2 is 1.56 bits per heavy atom. The molecule has 6 nitrogen and oxygen atoms in total. The summed E-state index contributed by atoms with van der Waals surface area (Å²) in [5, 5.41) is 0. The molecule has 0 saturated heterocycles. The summed E-state index contributed by atoms with van der Waals surface area (Å²) in [6.07, 6.45) is 2.80. The molecule has 8 heteroatoms. The molecule has 0 aliphatic carbocycles. The first-order valence-corrected chi connectivity index (χ1v) is 15.1. The zero-order valence-corrected chi connectivity index (χ0v) is 18.9. The zero-order valence-electron chi connectivity index (χ0n) is 16.9. The summed E-state index contributed by atoms with van der Waals surface area (Å²) in [4.78, 5) is 23.2. The molecule has 0 saturated carbocycles. The number of hydrogen-bond acceptors (Lipinski definition) is 6. The average molecular weight is 391 g/mol. The van der Waals surface area contributed by atoms with E-state index >= 15 is 0 Å². The monoisotopic (exact) mass is 390 g/mol. The molecule has 0 aromatic carbocycles. The molecule has 0 aliphatic heterocycles. The number of esters is 2. The molecule has 0 fully saturated rings. The van der Waals surface area contributed by atoms with Gasteiger partial charge < -0.3 is 18.3 Å². The lowest BCUT2D eigenvalue weighted by atomic mass is 10.4. The number of ether oxygens (including phenoxy) is 3. The molecule has 0 spiro atoms. The predicted octanol–water partition coefficient (Wildman–Crippen LogP) is 3.43. The smallest absolute Gasteiger partial charge is 0.331 e. The van der Waals surface area contributed by atoms with Crippen LogP contribution < -0.4 is 0 Å². The Hall–Kier alpha value is -0.966. The normalized spacial score (nSPS) is 14.0. The molecule has 146 valence electrons. The van der Waals surface area contributed by atoms with Gasteiger partial charge in [-0.05, 0) is 53.0 Å². The lowest BCUT2D eigenvalue weighted by molar-refractivity contribution is -0.143. The Balaban J connectivity index is 4.74. The molecule has 0 bridgehead atoms. The van der Waals surface area contributed by atoms with Gasteiger partial charge in [0.2, 0.25) is 8.32 Å². The molecule has 0 amide bonds. The van der Waals surface area contributed by atoms with Crippen molar-refractivity contribution in [3.63, 3.8) is 0 Å². The second-order valence-electron chi connectivity index (χ2n) is 7.63. The number of carbonyl (C=O) groups is 2. The molecule has 0 rings (SSSR count). The van der Waals surface area contributed by atoms with E-state index in [1.54, 1.807) is 13.8 Å². The van der Waals surface area contributed by atoms with E-state index in [0.717, 1.165) is 18.6 Å². The van der Waals surface area contributed by atoms with E-state index in [1.165, 1.54) is 0 Å². The molecular formula is C17H34O6Si2. The Morgan fingerprint density at radius 3 is 2.04 bits per heavy atom. The summed E-state index contributed by atoms with van der Waals surface area (Å²) < 4.78 is 22.4. The highest BCUT2D eigenvalue weighted by atomic mass is 28.4. The lowest BCUT2D eigenvalue weighted by Crippen LogP contribution is -2.54. The molecule has 0 aliphatic rings. The summed E-state index contributed by atoms with van der Waals surface area (Å²) in [5.41, 5.74) is -0.251. The minimum Gasteiger partial charge on any atom is -0.460 e. The van der Waals surface area contributed by atoms with Gasteiger partial charge in [-0.1, -0.05) is 6.92 Å². The second-order valence-corrected chi connectivity index (χ2v) is 16.5. The zero-order chi connectivity index (χ0) is 19.7. The van der Waals surface area contributed by atoms with Crippen molar-refractivity contribution < 1.29 is 27.9 Å². The molecule has 25 heavy (non-hydrogen) atoms. The van der Waals surface area contributed by atoms with Crippen LogP contribution in [-0.4, -0.2) is 53.6 Å². The van der Waals surface area contributed by atoms with Crippen LogP contribution in [-0.2, 0) is 27.9 Å². The van der Waals surface area contributed by atoms with Gasteiger partial charge in [-0.15, -0.1) is 0 Å². The number of hydrogen-bond donors (Lipinski definition) is 0. The van der Waals surface area contributed by atoms with Crippen LogP contribution in [0.4, 0.5) is 0 Å². The van der Waals surface area contributed by atoms with Crippen molar-refractivity contribution in [2.45, 2.75) is 71.8 Å². The van der Waals surface area contributed by atoms with E-state index in [1.807, 2.05) is 6.92 Å². The summed E-state index contributed by atoms with van der Waals surface area (Å²) in [5.74, 6) is -1.16. The van der Waals surface area contributed by atoms with E-state index in [2.05, 4.69) is 32.7 Å². The molecule has 0 aromatic heterocycles. The minimum absolute atomic E-state index is 0.117. The number of rotatable bonds is 11. The third-order valence-corrected chi connectivity index (χ3v) is 9.39. The summed E-state index contributed by atoms with van der Waals surface area (Å²) in [6, 6.07) is 0. The predicted molar refractivity (Wildman–Crippen MR) is 103 cm³/mol. The Bertz CT molecular complexity index is 455. The lowest BCUT2D eigenvalue weighted by Gasteiger charge is -2.37. The molecule has 1 unspecified atom stereocenters. The summed E-state index contributed by atoms with van der Waals surface area (Å²) >= 11 is 0. The SMILES string of the molecule is CCCOC(COC(=O)C=CC(=O)OC(C)C)[Si](C)(C)O[Si](C)(C)C. The Morgan fingerprint density at radius 1 is 1.00 bits per heavy atom. The Labute approximate surface area is 154 Å². The van der Waals surface area contributed by atoms with E-state index in [9.17, 15) is 9.59 Å². The van der Waals surface area contributed by atoms with E-state index in [0.29, 0.717) is 6.61 Å². The first kappa shape index (κ1) is 24.0. The van der Waals surface area contributed by atoms with Gasteiger partial charge in [0, 0.05) is 18.8 Å². The first-order chi connectivity index (χ1) is 11.4. The highest BCUT2D eigenvalue weighted by Gasteiger charge is 2.39. The fourth-order valence-electron chi connectivity index (χ4n) is 2.18. The highest BCUT2D eigenvalue weighted by Crippen LogP contribution is 2.20. The van der Waals surface area contributed by atoms with Crippen molar-refractivity contribution in [1.29, 1.82) is 0 Å². The van der Waals surface area contributed by atoms with Crippen LogP contribution in [0.15, 0.2) is 12.2 Å². The summed E-state index contributed by atoms with van der Waals surface area (Å²) in [7, 11) is -3.92. The fraction of sp³-hybridized carbons (Fsp3) is 0.765. The molecule has 0 radical (unpaired) electrons. The summed E-state index contributed by atoms with van der Waals surface area (Å²) in [6.45, 7) is 16.8. The maximum atomic E-state index is 11.8. The average Bonchev–Trinajstić information content (AvgIpc) is 2.41. The highest BCUT2D eigenvalue weighted by molar-refractivity contribution is 6.84. The van der Waals surface area contributed by atoms with Gasteiger partial charge in [0.25, 0.3) is 0 Å². The molecule has 1 atom stereocenters. The van der Waals surface area contributed by atoms with Gasteiger partial charge in [-0.2, -0.15) is 0 Å². The van der Waals surface area contributed by atoms with Gasteiger partial charge in [-0.25, -0.2) is 9.59 Å². The van der Waals surface area contributed by atoms with Crippen molar-refractivity contribution in [3.8, 4) is 0 Å². The van der Waals surface area contributed by atoms with Gasteiger partial charge in [0.15, 0.2) is 8.32 Å². The van der Waals surface area contributed by atoms with Gasteiger partial charge in [-0.3, -0.25) is 0 Å². The van der Waals surface area contributed by atoms with Gasteiger partial charge in [0.05, 0.1) is 6.10 Å². The second kappa shape index (κ2) is 10.9. The molecule has 0 N–H and O–H groups in total. The molecular weight excluding hydrogens is 356 g/mol. The third kappa shape index (κ3) is 12.1. The van der Waals surface area contributed by atoms with Crippen molar-refractivity contribution in [3.05, 3.63) is 12.2 Å². The Kier molecular flexibility index (Phi) is 10.5. The quantitative estimate of drug-likeness (QED) is 0.306. The largest absolute Gasteiger partial charge is 0.460 e. The van der Waals surface area contributed by atoms with Gasteiger partial charge in [0.1, 0.15) is 12.3 Å². The molecule has 0 heterocycles. The van der Waals surface area contributed by atoms with Crippen LogP contribution in [0.25, 0.3) is 0 Å². The van der Waals surface area contributed by atoms with Crippen LogP contribution in [0.5, 0.6) is 0 Å². The van der Waals surface area contributed by atoms with Crippen molar-refractivity contribution in [2.75, 3.05) is 13.2 Å². The topological polar surface area (TPSA) is 71.1 Å². The first-order valence-electron chi connectivity index (χ1n) is 8.74. The number of carbonyl (C=O) groups excluding carboxylic acids is 2. The maximum Gasteiger partial charge on any atom is 0.331 e. The van der Waals surface area contributed by atoms with Gasteiger partial charge >= 0.3 is 11.9 Å². The van der Waals surface area contributed by atoms with Crippen LogP contribution >= 0.6 is 0 Å². The minimum atomic E-state index is -2.19. The standard InChI is InChI=1S/C17H34O6Si2/c1-9-12-20-17(25(7,8)23-24(4,5)6)13-21-15(18)10-11-16(19)22-14(2)3/h10-11,14,17H,9,12-13H2,1-8H3. The van der Waals surface area contributed by atoms with Crippen LogP contribution in [0.1, 0.15) is 27.2 Å². The van der Waals surface area contributed by atoms with Crippen LogP contribution in [0.2, 0.25) is 32.7 Å². The van der Waals surface area contributed by atoms with E-state index in [-0.39, 0.29) is 18.4 Å². The van der Waals surface area contributed by atoms with Crippen molar-refractivity contribution >= 4 is 28.6 Å². The van der Waals surface area contributed by atoms with E-state index in [4.69, 9.17) is 18.3 Å². The third-order valence-electron chi connectivity index (χ3n) is 2.95. The molecule has 0 aromatic rings.